The van der Waals surface area contributed by atoms with Crippen molar-refractivity contribution in [1.82, 2.24) is 9.29 Å². The topological polar surface area (TPSA) is 68.7 Å². The van der Waals surface area contributed by atoms with Crippen LogP contribution < -0.4 is 9.47 Å². The molecule has 0 fully saturated rings. The Morgan fingerprint density at radius 2 is 2.00 bits per heavy atom. The van der Waals surface area contributed by atoms with Gasteiger partial charge >= 0.3 is 0 Å². The van der Waals surface area contributed by atoms with Crippen LogP contribution in [0.4, 0.5) is 0 Å². The van der Waals surface area contributed by atoms with Gasteiger partial charge in [0.15, 0.2) is 11.5 Å². The van der Waals surface area contributed by atoms with E-state index >= 15 is 0 Å². The van der Waals surface area contributed by atoms with Gasteiger partial charge in [-0.05, 0) is 24.3 Å². The van der Waals surface area contributed by atoms with Gasteiger partial charge in [0.25, 0.3) is 0 Å². The largest absolute Gasteiger partial charge is 0.454 e. The zero-order valence-corrected chi connectivity index (χ0v) is 13.6. The Hall–Kier alpha value is -2.12. The third-order valence-corrected chi connectivity index (χ3v) is 5.65. The van der Waals surface area contributed by atoms with Crippen LogP contribution in [0.2, 0.25) is 0 Å². The molecule has 2 aromatic rings. The van der Waals surface area contributed by atoms with Crippen LogP contribution in [0.5, 0.6) is 11.5 Å². The number of likely N-dealkylation sites (N-methyl/N-ethyl adjacent to an activating group) is 1. The molecule has 1 aliphatic heterocycles. The predicted octanol–water partition coefficient (Wildman–Crippen LogP) is 2.06. The Labute approximate surface area is 135 Å². The minimum atomic E-state index is -3.57. The summed E-state index contributed by atoms with van der Waals surface area (Å²) in [7, 11) is -3.57. The fraction of sp³-hybridized carbons (Fsp3) is 0.312. The quantitative estimate of drug-likeness (QED) is 0.809. The van der Waals surface area contributed by atoms with Gasteiger partial charge in [0.1, 0.15) is 0 Å². The molecule has 0 radical (unpaired) electrons. The van der Waals surface area contributed by atoms with Crippen LogP contribution in [0.25, 0.3) is 0 Å². The highest BCUT2D eigenvalue weighted by Gasteiger charge is 2.25. The molecule has 1 aromatic heterocycles. The highest BCUT2D eigenvalue weighted by molar-refractivity contribution is 7.89. The van der Waals surface area contributed by atoms with E-state index in [9.17, 15) is 8.42 Å². The van der Waals surface area contributed by atoms with Crippen LogP contribution >= 0.6 is 0 Å². The molecule has 0 amide bonds. The number of benzene rings is 1. The highest BCUT2D eigenvalue weighted by Crippen LogP contribution is 2.34. The van der Waals surface area contributed by atoms with Gasteiger partial charge in [0.2, 0.25) is 16.8 Å². The Morgan fingerprint density at radius 1 is 1.17 bits per heavy atom. The van der Waals surface area contributed by atoms with Crippen molar-refractivity contribution >= 4 is 10.0 Å². The number of fused-ring (bicyclic) bond motifs is 1. The Morgan fingerprint density at radius 3 is 2.74 bits per heavy atom. The summed E-state index contributed by atoms with van der Waals surface area (Å²) in [6.07, 6.45) is 2.27. The smallest absolute Gasteiger partial charge is 0.243 e. The summed E-state index contributed by atoms with van der Waals surface area (Å²) in [6, 6.07) is 10.3. The van der Waals surface area contributed by atoms with E-state index in [4.69, 9.17) is 9.47 Å². The minimum Gasteiger partial charge on any atom is -0.454 e. The molecule has 3 rings (SSSR count). The monoisotopic (exact) mass is 334 g/mol. The molecule has 0 spiro atoms. The molecule has 0 bridgehead atoms. The number of aromatic nitrogens is 1. The summed E-state index contributed by atoms with van der Waals surface area (Å²) < 4.78 is 37.5. The molecule has 122 valence electrons. The lowest BCUT2D eigenvalue weighted by molar-refractivity contribution is 0.174. The number of hydrogen-bond acceptors (Lipinski definition) is 5. The second-order valence-electron chi connectivity index (χ2n) is 5.08. The van der Waals surface area contributed by atoms with Gasteiger partial charge in [0.05, 0.1) is 4.90 Å². The van der Waals surface area contributed by atoms with Crippen LogP contribution in [0, 0.1) is 0 Å². The van der Waals surface area contributed by atoms with Gasteiger partial charge in [-0.3, -0.25) is 4.98 Å². The third-order valence-electron chi connectivity index (χ3n) is 3.68. The lowest BCUT2D eigenvalue weighted by Gasteiger charge is -2.20. The van der Waals surface area contributed by atoms with E-state index in [1.54, 1.807) is 18.3 Å². The van der Waals surface area contributed by atoms with Crippen LogP contribution in [0.15, 0.2) is 47.5 Å². The van der Waals surface area contributed by atoms with Crippen molar-refractivity contribution in [1.29, 1.82) is 0 Å². The van der Waals surface area contributed by atoms with Gasteiger partial charge < -0.3 is 9.47 Å². The van der Waals surface area contributed by atoms with Crippen LogP contribution in [0.1, 0.15) is 12.6 Å². The maximum atomic E-state index is 12.8. The minimum absolute atomic E-state index is 0.121. The fourth-order valence-electron chi connectivity index (χ4n) is 2.42. The fourth-order valence-corrected chi connectivity index (χ4v) is 3.89. The first-order chi connectivity index (χ1) is 11.1. The van der Waals surface area contributed by atoms with Crippen molar-refractivity contribution in [3.63, 3.8) is 0 Å². The second-order valence-corrected chi connectivity index (χ2v) is 7.02. The molecular formula is C16H18N2O4S. The van der Waals surface area contributed by atoms with E-state index in [0.717, 1.165) is 5.69 Å². The van der Waals surface area contributed by atoms with Gasteiger partial charge in [-0.15, -0.1) is 0 Å². The average Bonchev–Trinajstić information content (AvgIpc) is 3.04. The molecule has 1 aromatic carbocycles. The third kappa shape index (κ3) is 3.30. The first-order valence-corrected chi connectivity index (χ1v) is 8.85. The van der Waals surface area contributed by atoms with Gasteiger partial charge in [0, 0.05) is 37.5 Å². The molecule has 2 heterocycles. The van der Waals surface area contributed by atoms with Crippen molar-refractivity contribution in [2.24, 2.45) is 0 Å². The molecule has 0 atom stereocenters. The van der Waals surface area contributed by atoms with E-state index in [1.807, 2.05) is 25.1 Å². The molecule has 1 aliphatic rings. The first-order valence-electron chi connectivity index (χ1n) is 7.41. The number of sulfonamides is 1. The van der Waals surface area contributed by atoms with E-state index in [1.165, 1.54) is 10.4 Å². The number of hydrogen-bond donors (Lipinski definition) is 0. The maximum absolute atomic E-state index is 12.8. The Kier molecular flexibility index (Phi) is 4.49. The number of nitrogens with zero attached hydrogens (tertiary/aromatic N) is 2. The zero-order chi connectivity index (χ0) is 16.3. The van der Waals surface area contributed by atoms with E-state index in [0.29, 0.717) is 31.0 Å². The summed E-state index contributed by atoms with van der Waals surface area (Å²) in [5.41, 5.74) is 0.867. The van der Waals surface area contributed by atoms with Crippen molar-refractivity contribution in [3.8, 4) is 11.5 Å². The lowest BCUT2D eigenvalue weighted by Crippen LogP contribution is -2.32. The van der Waals surface area contributed by atoms with Crippen molar-refractivity contribution in [2.75, 3.05) is 19.9 Å². The van der Waals surface area contributed by atoms with Gasteiger partial charge in [-0.25, -0.2) is 8.42 Å². The zero-order valence-electron chi connectivity index (χ0n) is 12.8. The van der Waals surface area contributed by atoms with E-state index in [-0.39, 0.29) is 11.7 Å². The van der Waals surface area contributed by atoms with Crippen molar-refractivity contribution in [2.45, 2.75) is 18.2 Å². The van der Waals surface area contributed by atoms with Crippen LogP contribution in [0.3, 0.4) is 0 Å². The molecule has 0 aliphatic carbocycles. The van der Waals surface area contributed by atoms with Gasteiger partial charge in [-0.1, -0.05) is 13.0 Å². The standard InChI is InChI=1S/C16H18N2O4S/c1-2-18(10-8-13-5-3-4-9-17-13)23(19,20)14-6-7-15-16(11-14)22-12-21-15/h3-7,9,11H,2,8,10,12H2,1H3. The summed E-state index contributed by atoms with van der Waals surface area (Å²) in [5.74, 6) is 1.03. The summed E-state index contributed by atoms with van der Waals surface area (Å²) >= 11 is 0. The van der Waals surface area contributed by atoms with Crippen LogP contribution in [-0.4, -0.2) is 37.6 Å². The molecule has 0 unspecified atom stereocenters. The van der Waals surface area contributed by atoms with Crippen molar-refractivity contribution in [3.05, 3.63) is 48.3 Å². The summed E-state index contributed by atoms with van der Waals surface area (Å²) in [6.45, 7) is 2.72. The molecule has 23 heavy (non-hydrogen) atoms. The molecule has 0 N–H and O–H groups in total. The highest BCUT2D eigenvalue weighted by atomic mass is 32.2. The molecule has 7 heteroatoms. The Balaban J connectivity index is 1.79. The summed E-state index contributed by atoms with van der Waals surface area (Å²) in [5, 5.41) is 0. The average molecular weight is 334 g/mol. The molecule has 6 nitrogen and oxygen atoms in total. The van der Waals surface area contributed by atoms with Crippen molar-refractivity contribution < 1.29 is 17.9 Å². The lowest BCUT2D eigenvalue weighted by atomic mass is 10.3. The van der Waals surface area contributed by atoms with E-state index < -0.39 is 10.0 Å². The van der Waals surface area contributed by atoms with E-state index in [2.05, 4.69) is 4.98 Å². The molecule has 0 saturated carbocycles. The SMILES string of the molecule is CCN(CCc1ccccn1)S(=O)(=O)c1ccc2c(c1)OCO2. The molecule has 0 saturated heterocycles. The van der Waals surface area contributed by atoms with Gasteiger partial charge in [-0.2, -0.15) is 4.31 Å². The molecular weight excluding hydrogens is 316 g/mol. The second kappa shape index (κ2) is 6.55. The number of ether oxygens (including phenoxy) is 2. The van der Waals surface area contributed by atoms with Crippen LogP contribution in [-0.2, 0) is 16.4 Å². The maximum Gasteiger partial charge on any atom is 0.243 e. The summed E-state index contributed by atoms with van der Waals surface area (Å²) in [4.78, 5) is 4.44. The normalized spacial score (nSPS) is 13.5. The first kappa shape index (κ1) is 15.8. The predicted molar refractivity (Wildman–Crippen MR) is 84.9 cm³/mol. The number of pyridine rings is 1. The number of rotatable bonds is 6. The Bertz CT molecular complexity index is 778.